The van der Waals surface area contributed by atoms with Crippen molar-refractivity contribution in [3.05, 3.63) is 59.2 Å². The van der Waals surface area contributed by atoms with Gasteiger partial charge < -0.3 is 18.9 Å². The third-order valence-corrected chi connectivity index (χ3v) is 3.97. The van der Waals surface area contributed by atoms with Crippen molar-refractivity contribution in [3.63, 3.8) is 0 Å². The van der Waals surface area contributed by atoms with Crippen molar-refractivity contribution >= 4 is 17.8 Å². The highest BCUT2D eigenvalue weighted by atomic mass is 16.5. The standard InChI is InChI=1S/C22H24O6/c1-5-27-21-9-6-16(15(2)23)12-18(21)14-28-22(24)11-7-17-13-19(25-3)8-10-20(17)26-4/h6-13H,5,14H2,1-4H3/b11-7+. The Labute approximate surface area is 164 Å². The van der Waals surface area contributed by atoms with Crippen molar-refractivity contribution in [2.45, 2.75) is 20.5 Å². The molecule has 0 bridgehead atoms. The quantitative estimate of drug-likeness (QED) is 0.369. The van der Waals surface area contributed by atoms with Crippen LogP contribution in [0.3, 0.4) is 0 Å². The number of benzene rings is 2. The molecule has 2 aromatic carbocycles. The first kappa shape index (κ1) is 21.0. The molecule has 6 nitrogen and oxygen atoms in total. The van der Waals surface area contributed by atoms with Gasteiger partial charge in [-0.05, 0) is 56.3 Å². The van der Waals surface area contributed by atoms with E-state index in [-0.39, 0.29) is 12.4 Å². The summed E-state index contributed by atoms with van der Waals surface area (Å²) in [6, 6.07) is 10.4. The van der Waals surface area contributed by atoms with Gasteiger partial charge >= 0.3 is 5.97 Å². The zero-order valence-corrected chi connectivity index (χ0v) is 16.5. The second kappa shape index (κ2) is 10.2. The highest BCUT2D eigenvalue weighted by molar-refractivity contribution is 5.94. The summed E-state index contributed by atoms with van der Waals surface area (Å²) in [5.41, 5.74) is 1.86. The molecular formula is C22H24O6. The number of hydrogen-bond donors (Lipinski definition) is 0. The summed E-state index contributed by atoms with van der Waals surface area (Å²) in [5, 5.41) is 0. The van der Waals surface area contributed by atoms with Crippen LogP contribution in [0.4, 0.5) is 0 Å². The van der Waals surface area contributed by atoms with Crippen molar-refractivity contribution in [2.24, 2.45) is 0 Å². The zero-order valence-electron chi connectivity index (χ0n) is 16.5. The normalized spacial score (nSPS) is 10.6. The van der Waals surface area contributed by atoms with E-state index in [9.17, 15) is 9.59 Å². The summed E-state index contributed by atoms with van der Waals surface area (Å²) < 4.78 is 21.3. The van der Waals surface area contributed by atoms with Crippen LogP contribution in [-0.4, -0.2) is 32.6 Å². The number of carbonyl (C=O) groups excluding carboxylic acids is 2. The van der Waals surface area contributed by atoms with Gasteiger partial charge in [-0.3, -0.25) is 4.79 Å². The van der Waals surface area contributed by atoms with Gasteiger partial charge in [-0.2, -0.15) is 0 Å². The van der Waals surface area contributed by atoms with Crippen molar-refractivity contribution in [1.82, 2.24) is 0 Å². The van der Waals surface area contributed by atoms with Gasteiger partial charge in [0, 0.05) is 22.8 Å². The molecule has 0 aliphatic carbocycles. The molecule has 0 amide bonds. The fraction of sp³-hybridized carbons (Fsp3) is 0.273. The molecule has 0 atom stereocenters. The number of rotatable bonds is 9. The van der Waals surface area contributed by atoms with Crippen LogP contribution in [0, 0.1) is 0 Å². The van der Waals surface area contributed by atoms with Gasteiger partial charge in [-0.1, -0.05) is 0 Å². The molecule has 2 aromatic rings. The maximum Gasteiger partial charge on any atom is 0.331 e. The van der Waals surface area contributed by atoms with Gasteiger partial charge in [0.1, 0.15) is 23.9 Å². The monoisotopic (exact) mass is 384 g/mol. The zero-order chi connectivity index (χ0) is 20.5. The van der Waals surface area contributed by atoms with E-state index in [0.29, 0.717) is 40.5 Å². The molecule has 0 saturated heterocycles. The van der Waals surface area contributed by atoms with Crippen LogP contribution < -0.4 is 14.2 Å². The molecule has 0 fully saturated rings. The van der Waals surface area contributed by atoms with Crippen LogP contribution in [0.5, 0.6) is 17.2 Å². The van der Waals surface area contributed by atoms with Gasteiger partial charge in [-0.15, -0.1) is 0 Å². The van der Waals surface area contributed by atoms with Crippen molar-refractivity contribution in [2.75, 3.05) is 20.8 Å². The minimum Gasteiger partial charge on any atom is -0.497 e. The van der Waals surface area contributed by atoms with Gasteiger partial charge in [0.2, 0.25) is 0 Å². The van der Waals surface area contributed by atoms with E-state index in [0.717, 1.165) is 0 Å². The summed E-state index contributed by atoms with van der Waals surface area (Å²) in [6.45, 7) is 3.80. The minimum atomic E-state index is -0.527. The van der Waals surface area contributed by atoms with Crippen molar-refractivity contribution in [3.8, 4) is 17.2 Å². The summed E-state index contributed by atoms with van der Waals surface area (Å²) in [6.07, 6.45) is 2.91. The summed E-state index contributed by atoms with van der Waals surface area (Å²) >= 11 is 0. The molecule has 0 heterocycles. The number of Topliss-reactive ketones (excluding diaryl/α,β-unsaturated/α-hetero) is 1. The lowest BCUT2D eigenvalue weighted by atomic mass is 10.1. The number of ketones is 1. The van der Waals surface area contributed by atoms with E-state index in [4.69, 9.17) is 18.9 Å². The maximum absolute atomic E-state index is 12.1. The third-order valence-electron chi connectivity index (χ3n) is 3.97. The Hall–Kier alpha value is -3.28. The lowest BCUT2D eigenvalue weighted by Gasteiger charge is -2.11. The first-order chi connectivity index (χ1) is 13.5. The van der Waals surface area contributed by atoms with Crippen LogP contribution in [-0.2, 0) is 16.1 Å². The predicted molar refractivity (Wildman–Crippen MR) is 106 cm³/mol. The lowest BCUT2D eigenvalue weighted by Crippen LogP contribution is -2.05. The van der Waals surface area contributed by atoms with Gasteiger partial charge in [-0.25, -0.2) is 4.79 Å². The Kier molecular flexibility index (Phi) is 7.63. The molecule has 0 unspecified atom stereocenters. The largest absolute Gasteiger partial charge is 0.497 e. The second-order valence-electron chi connectivity index (χ2n) is 5.86. The van der Waals surface area contributed by atoms with Crippen LogP contribution in [0.2, 0.25) is 0 Å². The van der Waals surface area contributed by atoms with Crippen LogP contribution in [0.15, 0.2) is 42.5 Å². The molecule has 0 spiro atoms. The van der Waals surface area contributed by atoms with E-state index in [1.54, 1.807) is 56.7 Å². The number of hydrogen-bond acceptors (Lipinski definition) is 6. The van der Waals surface area contributed by atoms with E-state index in [1.165, 1.54) is 13.0 Å². The first-order valence-electron chi connectivity index (χ1n) is 8.82. The highest BCUT2D eigenvalue weighted by Crippen LogP contribution is 2.25. The molecule has 0 N–H and O–H groups in total. The average Bonchev–Trinajstić information content (AvgIpc) is 2.71. The van der Waals surface area contributed by atoms with Crippen molar-refractivity contribution in [1.29, 1.82) is 0 Å². The summed E-state index contributed by atoms with van der Waals surface area (Å²) in [4.78, 5) is 23.7. The van der Waals surface area contributed by atoms with Crippen molar-refractivity contribution < 1.29 is 28.5 Å². The minimum absolute atomic E-state index is 0.00509. The van der Waals surface area contributed by atoms with Crippen LogP contribution >= 0.6 is 0 Å². The van der Waals surface area contributed by atoms with E-state index in [1.807, 2.05) is 6.92 Å². The molecule has 2 rings (SSSR count). The molecule has 0 aliphatic rings. The Bertz CT molecular complexity index is 869. The Balaban J connectivity index is 2.11. The van der Waals surface area contributed by atoms with E-state index < -0.39 is 5.97 Å². The average molecular weight is 384 g/mol. The maximum atomic E-state index is 12.1. The Morgan fingerprint density at radius 3 is 2.39 bits per heavy atom. The fourth-order valence-corrected chi connectivity index (χ4v) is 2.53. The van der Waals surface area contributed by atoms with Gasteiger partial charge in [0.15, 0.2) is 5.78 Å². The van der Waals surface area contributed by atoms with E-state index in [2.05, 4.69) is 0 Å². The SMILES string of the molecule is CCOc1ccc(C(C)=O)cc1COC(=O)/C=C/c1cc(OC)ccc1OC. The van der Waals surface area contributed by atoms with E-state index >= 15 is 0 Å². The summed E-state index contributed by atoms with van der Waals surface area (Å²) in [5.74, 6) is 1.24. The third kappa shape index (κ3) is 5.61. The number of carbonyl (C=O) groups is 2. The second-order valence-corrected chi connectivity index (χ2v) is 5.86. The molecule has 0 aromatic heterocycles. The topological polar surface area (TPSA) is 71.1 Å². The molecule has 0 radical (unpaired) electrons. The molecule has 0 aliphatic heterocycles. The van der Waals surface area contributed by atoms with Crippen LogP contribution in [0.1, 0.15) is 35.3 Å². The summed E-state index contributed by atoms with van der Waals surface area (Å²) in [7, 11) is 3.11. The molecule has 28 heavy (non-hydrogen) atoms. The molecule has 0 saturated carbocycles. The lowest BCUT2D eigenvalue weighted by molar-refractivity contribution is -0.138. The Morgan fingerprint density at radius 2 is 1.75 bits per heavy atom. The number of esters is 1. The first-order valence-corrected chi connectivity index (χ1v) is 8.82. The molecular weight excluding hydrogens is 360 g/mol. The number of ether oxygens (including phenoxy) is 4. The Morgan fingerprint density at radius 1 is 1.00 bits per heavy atom. The predicted octanol–water partition coefficient (Wildman–Crippen LogP) is 4.06. The molecule has 6 heteroatoms. The fourth-order valence-electron chi connectivity index (χ4n) is 2.53. The van der Waals surface area contributed by atoms with Crippen LogP contribution in [0.25, 0.3) is 6.08 Å². The highest BCUT2D eigenvalue weighted by Gasteiger charge is 2.10. The smallest absolute Gasteiger partial charge is 0.331 e. The number of methoxy groups -OCH3 is 2. The molecule has 148 valence electrons. The van der Waals surface area contributed by atoms with Gasteiger partial charge in [0.25, 0.3) is 0 Å². The van der Waals surface area contributed by atoms with Gasteiger partial charge in [0.05, 0.1) is 20.8 Å².